The van der Waals surface area contributed by atoms with E-state index in [4.69, 9.17) is 4.74 Å². The van der Waals surface area contributed by atoms with Crippen molar-refractivity contribution in [3.63, 3.8) is 0 Å². The molecule has 2 heteroatoms. The molecule has 1 N–H and O–H groups in total. The van der Waals surface area contributed by atoms with Gasteiger partial charge >= 0.3 is 0 Å². The zero-order valence-electron chi connectivity index (χ0n) is 9.87. The summed E-state index contributed by atoms with van der Waals surface area (Å²) in [5.74, 6) is 1.40. The van der Waals surface area contributed by atoms with Crippen LogP contribution in [0.3, 0.4) is 0 Å². The van der Waals surface area contributed by atoms with E-state index in [1.165, 1.54) is 25.7 Å². The highest BCUT2D eigenvalue weighted by Crippen LogP contribution is 2.40. The molecular formula is C13H24O2. The molecule has 0 amide bonds. The van der Waals surface area contributed by atoms with E-state index in [-0.39, 0.29) is 0 Å². The summed E-state index contributed by atoms with van der Waals surface area (Å²) in [5, 5.41) is 10.7. The summed E-state index contributed by atoms with van der Waals surface area (Å²) >= 11 is 0. The first-order valence-corrected chi connectivity index (χ1v) is 6.51. The van der Waals surface area contributed by atoms with Crippen LogP contribution in [0.1, 0.15) is 51.9 Å². The average molecular weight is 212 g/mol. The van der Waals surface area contributed by atoms with E-state index in [1.807, 2.05) is 0 Å². The summed E-state index contributed by atoms with van der Waals surface area (Å²) in [4.78, 5) is 0. The maximum absolute atomic E-state index is 10.7. The molecule has 2 fully saturated rings. The Balaban J connectivity index is 1.94. The predicted molar refractivity (Wildman–Crippen MR) is 60.7 cm³/mol. The molecule has 1 unspecified atom stereocenters. The van der Waals surface area contributed by atoms with Gasteiger partial charge in [-0.25, -0.2) is 0 Å². The molecule has 0 aromatic rings. The molecule has 15 heavy (non-hydrogen) atoms. The lowest BCUT2D eigenvalue weighted by Gasteiger charge is -2.39. The number of hydrogen-bond donors (Lipinski definition) is 1. The number of aliphatic hydroxyl groups is 1. The van der Waals surface area contributed by atoms with Gasteiger partial charge in [0, 0.05) is 13.2 Å². The molecule has 1 saturated carbocycles. The third kappa shape index (κ3) is 2.73. The van der Waals surface area contributed by atoms with E-state index in [0.717, 1.165) is 38.4 Å². The highest BCUT2D eigenvalue weighted by atomic mass is 16.5. The molecule has 1 saturated heterocycles. The van der Waals surface area contributed by atoms with Crippen LogP contribution in [0, 0.1) is 11.8 Å². The summed E-state index contributed by atoms with van der Waals surface area (Å²) in [6, 6.07) is 0. The Kier molecular flexibility index (Phi) is 3.68. The molecule has 2 rings (SSSR count). The molecular weight excluding hydrogens is 188 g/mol. The normalized spacial score (nSPS) is 43.6. The largest absolute Gasteiger partial charge is 0.390 e. The minimum absolute atomic E-state index is 0.406. The van der Waals surface area contributed by atoms with Crippen molar-refractivity contribution in [3.8, 4) is 0 Å². The summed E-state index contributed by atoms with van der Waals surface area (Å²) in [6.07, 6.45) is 7.87. The van der Waals surface area contributed by atoms with Crippen LogP contribution in [0.15, 0.2) is 0 Å². The molecule has 2 nitrogen and oxygen atoms in total. The Morgan fingerprint density at radius 3 is 2.53 bits per heavy atom. The lowest BCUT2D eigenvalue weighted by molar-refractivity contribution is -0.0518. The summed E-state index contributed by atoms with van der Waals surface area (Å²) in [5.41, 5.74) is -0.406. The molecule has 1 atom stereocenters. The lowest BCUT2D eigenvalue weighted by Crippen LogP contribution is -2.40. The van der Waals surface area contributed by atoms with Crippen molar-refractivity contribution in [1.29, 1.82) is 0 Å². The van der Waals surface area contributed by atoms with Crippen LogP contribution in [0.2, 0.25) is 0 Å². The van der Waals surface area contributed by atoms with Crippen molar-refractivity contribution < 1.29 is 9.84 Å². The number of rotatable bonds is 1. The first-order valence-electron chi connectivity index (χ1n) is 6.51. The molecule has 0 aromatic heterocycles. The van der Waals surface area contributed by atoms with Crippen molar-refractivity contribution >= 4 is 0 Å². The zero-order valence-corrected chi connectivity index (χ0v) is 9.87. The van der Waals surface area contributed by atoms with E-state index < -0.39 is 5.60 Å². The van der Waals surface area contributed by atoms with Gasteiger partial charge in [0.05, 0.1) is 5.60 Å². The van der Waals surface area contributed by atoms with E-state index in [2.05, 4.69) is 6.92 Å². The van der Waals surface area contributed by atoms with Gasteiger partial charge in [0.25, 0.3) is 0 Å². The van der Waals surface area contributed by atoms with Crippen molar-refractivity contribution in [2.75, 3.05) is 13.2 Å². The van der Waals surface area contributed by atoms with Gasteiger partial charge in [0.15, 0.2) is 0 Å². The van der Waals surface area contributed by atoms with Gasteiger partial charge in [-0.05, 0) is 43.9 Å². The van der Waals surface area contributed by atoms with Crippen molar-refractivity contribution in [2.45, 2.75) is 57.5 Å². The minimum Gasteiger partial charge on any atom is -0.390 e. The third-order valence-corrected chi connectivity index (χ3v) is 4.35. The highest BCUT2D eigenvalue weighted by molar-refractivity contribution is 4.90. The third-order valence-electron chi connectivity index (χ3n) is 4.35. The van der Waals surface area contributed by atoms with Crippen LogP contribution in [-0.4, -0.2) is 23.9 Å². The van der Waals surface area contributed by atoms with Crippen LogP contribution >= 0.6 is 0 Å². The minimum atomic E-state index is -0.406. The number of hydrogen-bond acceptors (Lipinski definition) is 2. The molecule has 0 bridgehead atoms. The molecule has 0 spiro atoms. The second kappa shape index (κ2) is 4.84. The molecule has 1 aliphatic heterocycles. The van der Waals surface area contributed by atoms with E-state index in [1.54, 1.807) is 0 Å². The van der Waals surface area contributed by atoms with Gasteiger partial charge in [-0.3, -0.25) is 0 Å². The Morgan fingerprint density at radius 1 is 1.07 bits per heavy atom. The van der Waals surface area contributed by atoms with Gasteiger partial charge in [-0.15, -0.1) is 0 Å². The van der Waals surface area contributed by atoms with Crippen LogP contribution in [-0.2, 0) is 4.74 Å². The van der Waals surface area contributed by atoms with Gasteiger partial charge in [-0.2, -0.15) is 0 Å². The second-order valence-electron chi connectivity index (χ2n) is 5.53. The van der Waals surface area contributed by atoms with E-state index >= 15 is 0 Å². The van der Waals surface area contributed by atoms with E-state index in [0.29, 0.717) is 5.92 Å². The SMILES string of the molecule is CC1CCC(C2(O)CCCOCC2)CC1. The Morgan fingerprint density at radius 2 is 1.80 bits per heavy atom. The number of ether oxygens (including phenoxy) is 1. The Hall–Kier alpha value is -0.0800. The van der Waals surface area contributed by atoms with Crippen LogP contribution < -0.4 is 0 Å². The fourth-order valence-electron chi connectivity index (χ4n) is 3.16. The van der Waals surface area contributed by atoms with Gasteiger partial charge in [0.2, 0.25) is 0 Å². The predicted octanol–water partition coefficient (Wildman–Crippen LogP) is 2.74. The van der Waals surface area contributed by atoms with Crippen LogP contribution in [0.4, 0.5) is 0 Å². The molecule has 1 heterocycles. The molecule has 0 radical (unpaired) electrons. The van der Waals surface area contributed by atoms with Crippen LogP contribution in [0.25, 0.3) is 0 Å². The monoisotopic (exact) mass is 212 g/mol. The van der Waals surface area contributed by atoms with Gasteiger partial charge in [-0.1, -0.05) is 19.8 Å². The fourth-order valence-corrected chi connectivity index (χ4v) is 3.16. The standard InChI is InChI=1S/C13H24O2/c1-11-3-5-12(6-4-11)13(14)7-2-9-15-10-8-13/h11-12,14H,2-10H2,1H3. The topological polar surface area (TPSA) is 29.5 Å². The van der Waals surface area contributed by atoms with Crippen LogP contribution in [0.5, 0.6) is 0 Å². The zero-order chi connectivity index (χ0) is 10.7. The Bertz CT molecular complexity index is 187. The summed E-state index contributed by atoms with van der Waals surface area (Å²) in [7, 11) is 0. The summed E-state index contributed by atoms with van der Waals surface area (Å²) in [6.45, 7) is 3.92. The maximum Gasteiger partial charge on any atom is 0.0698 e. The van der Waals surface area contributed by atoms with Crippen molar-refractivity contribution in [2.24, 2.45) is 11.8 Å². The van der Waals surface area contributed by atoms with Crippen molar-refractivity contribution in [3.05, 3.63) is 0 Å². The van der Waals surface area contributed by atoms with Crippen molar-refractivity contribution in [1.82, 2.24) is 0 Å². The van der Waals surface area contributed by atoms with Gasteiger partial charge < -0.3 is 9.84 Å². The molecule has 0 aromatic carbocycles. The van der Waals surface area contributed by atoms with Gasteiger partial charge in [0.1, 0.15) is 0 Å². The fraction of sp³-hybridized carbons (Fsp3) is 1.00. The highest BCUT2D eigenvalue weighted by Gasteiger charge is 2.38. The smallest absolute Gasteiger partial charge is 0.0698 e. The summed E-state index contributed by atoms with van der Waals surface area (Å²) < 4.78 is 5.44. The quantitative estimate of drug-likeness (QED) is 0.724. The van der Waals surface area contributed by atoms with E-state index in [9.17, 15) is 5.11 Å². The maximum atomic E-state index is 10.7. The molecule has 2 aliphatic rings. The Labute approximate surface area is 93.0 Å². The lowest BCUT2D eigenvalue weighted by atomic mass is 9.71. The molecule has 1 aliphatic carbocycles. The average Bonchev–Trinajstić information content (AvgIpc) is 2.45. The second-order valence-corrected chi connectivity index (χ2v) is 5.53. The first-order chi connectivity index (χ1) is 7.21. The first kappa shape index (κ1) is 11.4. The molecule has 88 valence electrons.